The zero-order chi connectivity index (χ0) is 12.6. The van der Waals surface area contributed by atoms with Crippen LogP contribution in [0.25, 0.3) is 0 Å². The molecule has 1 aliphatic carbocycles. The summed E-state index contributed by atoms with van der Waals surface area (Å²) in [5.41, 5.74) is 10.1. The Bertz CT molecular complexity index is 419. The van der Waals surface area contributed by atoms with Crippen LogP contribution in [0.1, 0.15) is 49.3 Å². The molecule has 0 aliphatic heterocycles. The van der Waals surface area contributed by atoms with Crippen molar-refractivity contribution in [3.05, 3.63) is 28.8 Å². The third-order valence-electron chi connectivity index (χ3n) is 3.64. The molecule has 1 aliphatic rings. The molecule has 1 fully saturated rings. The average Bonchev–Trinajstić information content (AvgIpc) is 2.95. The van der Waals surface area contributed by atoms with E-state index < -0.39 is 0 Å². The molecule has 2 rings (SSSR count). The van der Waals surface area contributed by atoms with E-state index >= 15 is 0 Å². The van der Waals surface area contributed by atoms with Crippen molar-refractivity contribution in [1.29, 1.82) is 0 Å². The van der Waals surface area contributed by atoms with Gasteiger partial charge in [-0.3, -0.25) is 0 Å². The number of aryl methyl sites for hydroxylation is 1. The Morgan fingerprint density at radius 3 is 2.47 bits per heavy atom. The third kappa shape index (κ3) is 2.63. The third-order valence-corrected chi connectivity index (χ3v) is 3.64. The zero-order valence-electron chi connectivity index (χ0n) is 11.3. The Hall–Kier alpha value is -1.02. The highest BCUT2D eigenvalue weighted by molar-refractivity contribution is 5.46. The fraction of sp³-hybridized carbons (Fsp3) is 0.600. The molecule has 0 atom stereocenters. The van der Waals surface area contributed by atoms with Crippen molar-refractivity contribution < 1.29 is 4.74 Å². The molecule has 0 bridgehead atoms. The highest BCUT2D eigenvalue weighted by Gasteiger charge is 2.38. The lowest BCUT2D eigenvalue weighted by Gasteiger charge is -2.18. The number of hydrogen-bond acceptors (Lipinski definition) is 2. The van der Waals surface area contributed by atoms with Gasteiger partial charge in [0, 0.05) is 5.54 Å². The number of rotatable bonds is 4. The van der Waals surface area contributed by atoms with Crippen LogP contribution >= 0.6 is 0 Å². The molecule has 0 spiro atoms. The summed E-state index contributed by atoms with van der Waals surface area (Å²) in [5.74, 6) is 1.52. The minimum absolute atomic E-state index is 0.0786. The predicted octanol–water partition coefficient (Wildman–Crippen LogP) is 3.16. The maximum atomic E-state index is 6.19. The van der Waals surface area contributed by atoms with Gasteiger partial charge in [0.15, 0.2) is 0 Å². The first-order chi connectivity index (χ1) is 7.95. The van der Waals surface area contributed by atoms with E-state index in [1.807, 2.05) is 0 Å². The normalized spacial score (nSPS) is 17.3. The van der Waals surface area contributed by atoms with E-state index in [-0.39, 0.29) is 5.54 Å². The van der Waals surface area contributed by atoms with Crippen molar-refractivity contribution >= 4 is 0 Å². The Morgan fingerprint density at radius 1 is 1.35 bits per heavy atom. The van der Waals surface area contributed by atoms with Gasteiger partial charge >= 0.3 is 0 Å². The van der Waals surface area contributed by atoms with Crippen LogP contribution in [0.5, 0.6) is 5.75 Å². The number of ether oxygens (including phenoxy) is 1. The smallest absolute Gasteiger partial charge is 0.125 e. The fourth-order valence-corrected chi connectivity index (χ4v) is 2.43. The van der Waals surface area contributed by atoms with Crippen LogP contribution in [-0.4, -0.2) is 12.6 Å². The van der Waals surface area contributed by atoms with E-state index in [1.54, 1.807) is 7.11 Å². The van der Waals surface area contributed by atoms with Crippen LogP contribution in [0.3, 0.4) is 0 Å². The Balaban J connectivity index is 2.35. The SMILES string of the molecule is COc1c(C)cc(CC2(N)CC2)cc1C(C)C. The lowest BCUT2D eigenvalue weighted by molar-refractivity contribution is 0.404. The van der Waals surface area contributed by atoms with Crippen molar-refractivity contribution in [2.45, 2.75) is 51.5 Å². The first kappa shape index (κ1) is 12.4. The van der Waals surface area contributed by atoms with Crippen LogP contribution < -0.4 is 10.5 Å². The maximum absolute atomic E-state index is 6.19. The molecule has 1 saturated carbocycles. The zero-order valence-corrected chi connectivity index (χ0v) is 11.3. The monoisotopic (exact) mass is 233 g/mol. The van der Waals surface area contributed by atoms with E-state index in [1.165, 1.54) is 16.7 Å². The van der Waals surface area contributed by atoms with Crippen LogP contribution in [0.15, 0.2) is 12.1 Å². The lowest BCUT2D eigenvalue weighted by Crippen LogP contribution is -2.24. The molecule has 0 unspecified atom stereocenters. The summed E-state index contributed by atoms with van der Waals surface area (Å²) in [6, 6.07) is 4.49. The summed E-state index contributed by atoms with van der Waals surface area (Å²) in [4.78, 5) is 0. The van der Waals surface area contributed by atoms with Gasteiger partial charge in [0.05, 0.1) is 7.11 Å². The molecule has 2 heteroatoms. The molecule has 0 amide bonds. The molecule has 0 radical (unpaired) electrons. The molecular formula is C15H23NO. The summed E-state index contributed by atoms with van der Waals surface area (Å²) in [7, 11) is 1.75. The minimum atomic E-state index is 0.0786. The van der Waals surface area contributed by atoms with Crippen LogP contribution in [0, 0.1) is 6.92 Å². The average molecular weight is 233 g/mol. The highest BCUT2D eigenvalue weighted by Crippen LogP contribution is 2.38. The number of benzene rings is 1. The Labute approximate surface area is 104 Å². The van der Waals surface area contributed by atoms with E-state index in [2.05, 4.69) is 32.9 Å². The van der Waals surface area contributed by atoms with E-state index in [9.17, 15) is 0 Å². The summed E-state index contributed by atoms with van der Waals surface area (Å²) >= 11 is 0. The van der Waals surface area contributed by atoms with E-state index in [0.29, 0.717) is 5.92 Å². The number of methoxy groups -OCH3 is 1. The van der Waals surface area contributed by atoms with Crippen molar-refractivity contribution in [2.24, 2.45) is 5.73 Å². The topological polar surface area (TPSA) is 35.2 Å². The first-order valence-electron chi connectivity index (χ1n) is 6.41. The summed E-state index contributed by atoms with van der Waals surface area (Å²) < 4.78 is 5.51. The predicted molar refractivity (Wildman–Crippen MR) is 71.7 cm³/mol. The Kier molecular flexibility index (Phi) is 3.17. The second-order valence-corrected chi connectivity index (χ2v) is 5.73. The quantitative estimate of drug-likeness (QED) is 0.867. The van der Waals surface area contributed by atoms with Gasteiger partial charge in [0.25, 0.3) is 0 Å². The van der Waals surface area contributed by atoms with Crippen LogP contribution in [-0.2, 0) is 6.42 Å². The molecule has 94 valence electrons. The van der Waals surface area contributed by atoms with Crippen LogP contribution in [0.4, 0.5) is 0 Å². The van der Waals surface area contributed by atoms with Gasteiger partial charge in [-0.15, -0.1) is 0 Å². The van der Waals surface area contributed by atoms with E-state index in [4.69, 9.17) is 10.5 Å². The van der Waals surface area contributed by atoms with Gasteiger partial charge in [0.2, 0.25) is 0 Å². The highest BCUT2D eigenvalue weighted by atomic mass is 16.5. The van der Waals surface area contributed by atoms with Crippen molar-refractivity contribution in [3.8, 4) is 5.75 Å². The lowest BCUT2D eigenvalue weighted by atomic mass is 9.93. The molecule has 2 nitrogen and oxygen atoms in total. The van der Waals surface area contributed by atoms with Gasteiger partial charge in [-0.25, -0.2) is 0 Å². The van der Waals surface area contributed by atoms with E-state index in [0.717, 1.165) is 25.0 Å². The van der Waals surface area contributed by atoms with Crippen LogP contribution in [0.2, 0.25) is 0 Å². The van der Waals surface area contributed by atoms with Gasteiger partial charge in [0.1, 0.15) is 5.75 Å². The summed E-state index contributed by atoms with van der Waals surface area (Å²) in [6.45, 7) is 6.52. The van der Waals surface area contributed by atoms with Crippen molar-refractivity contribution in [3.63, 3.8) is 0 Å². The van der Waals surface area contributed by atoms with Gasteiger partial charge in [-0.05, 0) is 48.8 Å². The van der Waals surface area contributed by atoms with Gasteiger partial charge < -0.3 is 10.5 Å². The molecule has 2 N–H and O–H groups in total. The second kappa shape index (κ2) is 4.34. The molecular weight excluding hydrogens is 210 g/mol. The van der Waals surface area contributed by atoms with Gasteiger partial charge in [-0.1, -0.05) is 26.0 Å². The Morgan fingerprint density at radius 2 is 2.00 bits per heavy atom. The van der Waals surface area contributed by atoms with Crippen molar-refractivity contribution in [1.82, 2.24) is 0 Å². The molecule has 0 aromatic heterocycles. The molecule has 1 aromatic carbocycles. The number of nitrogens with two attached hydrogens (primary N) is 1. The fourth-order valence-electron chi connectivity index (χ4n) is 2.43. The summed E-state index contributed by atoms with van der Waals surface area (Å²) in [6.07, 6.45) is 3.32. The first-order valence-corrected chi connectivity index (χ1v) is 6.41. The second-order valence-electron chi connectivity index (χ2n) is 5.73. The molecule has 0 heterocycles. The summed E-state index contributed by atoms with van der Waals surface area (Å²) in [5, 5.41) is 0. The molecule has 17 heavy (non-hydrogen) atoms. The van der Waals surface area contributed by atoms with Crippen molar-refractivity contribution in [2.75, 3.05) is 7.11 Å². The maximum Gasteiger partial charge on any atom is 0.125 e. The molecule has 0 saturated heterocycles. The number of hydrogen-bond donors (Lipinski definition) is 1. The van der Waals surface area contributed by atoms with Gasteiger partial charge in [-0.2, -0.15) is 0 Å². The molecule has 1 aromatic rings. The minimum Gasteiger partial charge on any atom is -0.496 e. The largest absolute Gasteiger partial charge is 0.496 e. The standard InChI is InChI=1S/C15H23NO/c1-10(2)13-8-12(9-15(16)5-6-15)7-11(3)14(13)17-4/h7-8,10H,5-6,9,16H2,1-4H3.